The second-order valence-corrected chi connectivity index (χ2v) is 15.5. The highest BCUT2D eigenvalue weighted by molar-refractivity contribution is 5.69. The van der Waals surface area contributed by atoms with E-state index in [0.717, 1.165) is 25.7 Å². The van der Waals surface area contributed by atoms with Crippen LogP contribution in [0.15, 0.2) is 12.2 Å². The molecule has 4 heteroatoms. The molecule has 0 aromatic rings. The van der Waals surface area contributed by atoms with Gasteiger partial charge in [0.05, 0.1) is 6.61 Å². The van der Waals surface area contributed by atoms with Crippen molar-refractivity contribution in [2.75, 3.05) is 6.61 Å². The Morgan fingerprint density at radius 1 is 0.380 bits per heavy atom. The third kappa shape index (κ3) is 44.7. The largest absolute Gasteiger partial charge is 0.481 e. The molecule has 4 nitrogen and oxygen atoms in total. The van der Waals surface area contributed by atoms with Gasteiger partial charge in [-0.2, -0.15) is 0 Å². The summed E-state index contributed by atoms with van der Waals surface area (Å²) in [5, 5.41) is 8.65. The number of unbranched alkanes of at least 4 members (excludes halogenated alkanes) is 35. The Morgan fingerprint density at radius 2 is 0.660 bits per heavy atom. The van der Waals surface area contributed by atoms with Crippen LogP contribution >= 0.6 is 0 Å². The molecule has 0 aromatic carbocycles. The van der Waals surface area contributed by atoms with E-state index in [9.17, 15) is 9.59 Å². The van der Waals surface area contributed by atoms with Gasteiger partial charge in [-0.3, -0.25) is 9.59 Å². The maximum atomic E-state index is 12.0. The molecule has 0 aliphatic heterocycles. The first-order valence-electron chi connectivity index (χ1n) is 22.7. The Kier molecular flexibility index (Phi) is 42.7. The summed E-state index contributed by atoms with van der Waals surface area (Å²) in [6, 6.07) is 0. The van der Waals surface area contributed by atoms with E-state index in [0.29, 0.717) is 19.4 Å². The number of ether oxygens (including phenoxy) is 1. The molecule has 0 saturated carbocycles. The topological polar surface area (TPSA) is 63.6 Å². The summed E-state index contributed by atoms with van der Waals surface area (Å²) in [6.07, 6.45) is 55.4. The average molecular weight is 705 g/mol. The maximum Gasteiger partial charge on any atom is 0.305 e. The van der Waals surface area contributed by atoms with E-state index in [1.54, 1.807) is 0 Å². The van der Waals surface area contributed by atoms with E-state index in [2.05, 4.69) is 19.1 Å². The summed E-state index contributed by atoms with van der Waals surface area (Å²) in [7, 11) is 0. The summed E-state index contributed by atoms with van der Waals surface area (Å²) >= 11 is 0. The zero-order valence-corrected chi connectivity index (χ0v) is 33.8. The van der Waals surface area contributed by atoms with Gasteiger partial charge in [0.1, 0.15) is 0 Å². The number of hydrogen-bond donors (Lipinski definition) is 1. The zero-order valence-electron chi connectivity index (χ0n) is 33.8. The maximum absolute atomic E-state index is 12.0. The normalized spacial score (nSPS) is 11.5. The van der Waals surface area contributed by atoms with E-state index >= 15 is 0 Å². The van der Waals surface area contributed by atoms with E-state index in [-0.39, 0.29) is 5.97 Å². The molecule has 0 aromatic heterocycles. The standard InChI is InChI=1S/C46H88O4/c1-2-3-4-5-6-7-8-9-10-11-15-19-22-25-28-31-34-37-40-43-46(49)50-44-41-38-35-32-29-26-23-20-17-14-12-13-16-18-21-24-27-30-33-36-39-42-45(47)48/h9-10H,2-8,11-44H2,1H3,(H,47,48). The number of carbonyl (C=O) groups excluding carboxylic acids is 1. The van der Waals surface area contributed by atoms with Crippen molar-refractivity contribution in [1.29, 1.82) is 0 Å². The van der Waals surface area contributed by atoms with Crippen LogP contribution in [-0.4, -0.2) is 23.7 Å². The molecule has 0 amide bonds. The molecule has 0 rings (SSSR count). The van der Waals surface area contributed by atoms with Crippen LogP contribution in [0, 0.1) is 0 Å². The molecule has 0 unspecified atom stereocenters. The van der Waals surface area contributed by atoms with Gasteiger partial charge in [-0.25, -0.2) is 0 Å². The Morgan fingerprint density at radius 3 is 1.00 bits per heavy atom. The van der Waals surface area contributed by atoms with Crippen molar-refractivity contribution in [3.05, 3.63) is 12.2 Å². The van der Waals surface area contributed by atoms with Crippen LogP contribution in [0.25, 0.3) is 0 Å². The van der Waals surface area contributed by atoms with Crippen LogP contribution in [0.4, 0.5) is 0 Å². The van der Waals surface area contributed by atoms with Crippen LogP contribution in [-0.2, 0) is 14.3 Å². The van der Waals surface area contributed by atoms with Crippen LogP contribution in [0.1, 0.15) is 264 Å². The summed E-state index contributed by atoms with van der Waals surface area (Å²) in [5.74, 6) is -0.643. The number of carboxylic acid groups (broad SMARTS) is 1. The molecular formula is C46H88O4. The second kappa shape index (κ2) is 43.8. The van der Waals surface area contributed by atoms with E-state index in [1.807, 2.05) is 0 Å². The molecule has 0 radical (unpaired) electrons. The Labute approximate surface area is 313 Å². The van der Waals surface area contributed by atoms with E-state index in [4.69, 9.17) is 9.84 Å². The first-order chi connectivity index (χ1) is 24.7. The Bertz CT molecular complexity index is 702. The van der Waals surface area contributed by atoms with Gasteiger partial charge in [0.25, 0.3) is 0 Å². The number of esters is 1. The molecule has 0 fully saturated rings. The molecule has 1 N–H and O–H groups in total. The first kappa shape index (κ1) is 48.7. The lowest BCUT2D eigenvalue weighted by atomic mass is 10.0. The molecule has 296 valence electrons. The molecular weight excluding hydrogens is 617 g/mol. The van der Waals surface area contributed by atoms with Gasteiger partial charge in [-0.1, -0.05) is 218 Å². The van der Waals surface area contributed by atoms with Gasteiger partial charge in [0, 0.05) is 12.8 Å². The predicted molar refractivity (Wildman–Crippen MR) is 218 cm³/mol. The van der Waals surface area contributed by atoms with Crippen molar-refractivity contribution in [3.8, 4) is 0 Å². The Balaban J connectivity index is 3.17. The number of hydrogen-bond acceptors (Lipinski definition) is 3. The third-order valence-corrected chi connectivity index (χ3v) is 10.4. The molecule has 0 heterocycles. The minimum absolute atomic E-state index is 0.0146. The number of rotatable bonds is 43. The van der Waals surface area contributed by atoms with Crippen molar-refractivity contribution in [3.63, 3.8) is 0 Å². The molecule has 0 aliphatic carbocycles. The average Bonchev–Trinajstić information content (AvgIpc) is 3.11. The monoisotopic (exact) mass is 705 g/mol. The smallest absolute Gasteiger partial charge is 0.305 e. The minimum atomic E-state index is -0.658. The van der Waals surface area contributed by atoms with E-state index < -0.39 is 5.97 Å². The summed E-state index contributed by atoms with van der Waals surface area (Å²) < 4.78 is 5.47. The third-order valence-electron chi connectivity index (χ3n) is 10.4. The molecule has 50 heavy (non-hydrogen) atoms. The lowest BCUT2D eigenvalue weighted by molar-refractivity contribution is -0.144. The molecule has 0 bridgehead atoms. The van der Waals surface area contributed by atoms with Crippen LogP contribution in [0.5, 0.6) is 0 Å². The lowest BCUT2D eigenvalue weighted by Gasteiger charge is -2.06. The van der Waals surface area contributed by atoms with Gasteiger partial charge in [0.15, 0.2) is 0 Å². The number of carbonyl (C=O) groups is 2. The van der Waals surface area contributed by atoms with Crippen molar-refractivity contribution < 1.29 is 19.4 Å². The second-order valence-electron chi connectivity index (χ2n) is 15.5. The van der Waals surface area contributed by atoms with Crippen LogP contribution in [0.3, 0.4) is 0 Å². The number of allylic oxidation sites excluding steroid dienone is 2. The SMILES string of the molecule is CCCCCCCCC=CCCCCCCCCCCCC(=O)OCCCCCCCCCCCCCCCCCCCCCCCC(=O)O. The highest BCUT2D eigenvalue weighted by Crippen LogP contribution is 2.16. The van der Waals surface area contributed by atoms with Crippen LogP contribution < -0.4 is 0 Å². The van der Waals surface area contributed by atoms with Crippen molar-refractivity contribution in [2.45, 2.75) is 264 Å². The fraction of sp³-hybridized carbons (Fsp3) is 0.913. The Hall–Kier alpha value is -1.32. The fourth-order valence-electron chi connectivity index (χ4n) is 7.04. The zero-order chi connectivity index (χ0) is 36.3. The van der Waals surface area contributed by atoms with Crippen molar-refractivity contribution >= 4 is 11.9 Å². The number of aliphatic carboxylic acids is 1. The highest BCUT2D eigenvalue weighted by Gasteiger charge is 2.03. The summed E-state index contributed by atoms with van der Waals surface area (Å²) in [5.41, 5.74) is 0. The molecule has 0 atom stereocenters. The fourth-order valence-corrected chi connectivity index (χ4v) is 7.04. The van der Waals surface area contributed by atoms with Gasteiger partial charge in [-0.15, -0.1) is 0 Å². The van der Waals surface area contributed by atoms with E-state index in [1.165, 1.54) is 218 Å². The van der Waals surface area contributed by atoms with Gasteiger partial charge in [-0.05, 0) is 44.9 Å². The first-order valence-corrected chi connectivity index (χ1v) is 22.7. The van der Waals surface area contributed by atoms with Crippen LogP contribution in [0.2, 0.25) is 0 Å². The summed E-state index contributed by atoms with van der Waals surface area (Å²) in [4.78, 5) is 22.5. The summed E-state index contributed by atoms with van der Waals surface area (Å²) in [6.45, 7) is 2.90. The van der Waals surface area contributed by atoms with Crippen molar-refractivity contribution in [1.82, 2.24) is 0 Å². The lowest BCUT2D eigenvalue weighted by Crippen LogP contribution is -2.05. The molecule has 0 saturated heterocycles. The van der Waals surface area contributed by atoms with Gasteiger partial charge in [0.2, 0.25) is 0 Å². The van der Waals surface area contributed by atoms with Crippen molar-refractivity contribution in [2.24, 2.45) is 0 Å². The highest BCUT2D eigenvalue weighted by atomic mass is 16.5. The quantitative estimate of drug-likeness (QED) is 0.0390. The van der Waals surface area contributed by atoms with Gasteiger partial charge < -0.3 is 9.84 Å². The predicted octanol–water partition coefficient (Wildman–Crippen LogP) is 15.8. The minimum Gasteiger partial charge on any atom is -0.481 e. The molecule has 0 aliphatic rings. The number of carboxylic acids is 1. The molecule has 0 spiro atoms. The van der Waals surface area contributed by atoms with Gasteiger partial charge >= 0.3 is 11.9 Å².